The van der Waals surface area contributed by atoms with Crippen molar-refractivity contribution < 1.29 is 24.2 Å². The minimum Gasteiger partial charge on any atom is -0.480 e. The van der Waals surface area contributed by atoms with Crippen LogP contribution < -0.4 is 5.32 Å². The molecule has 7 nitrogen and oxygen atoms in total. The van der Waals surface area contributed by atoms with E-state index in [-0.39, 0.29) is 12.0 Å². The van der Waals surface area contributed by atoms with Gasteiger partial charge in [-0.2, -0.15) is 0 Å². The average molecular weight is 356 g/mol. The summed E-state index contributed by atoms with van der Waals surface area (Å²) in [5, 5.41) is 12.0. The number of carbonyl (C=O) groups is 3. The van der Waals surface area contributed by atoms with E-state index >= 15 is 0 Å². The Labute approximate surface area is 150 Å². The Balaban J connectivity index is 2.86. The van der Waals surface area contributed by atoms with Crippen molar-refractivity contribution in [2.45, 2.75) is 84.9 Å². The Morgan fingerprint density at radius 2 is 1.92 bits per heavy atom. The summed E-state index contributed by atoms with van der Waals surface area (Å²) >= 11 is 0. The third-order valence-electron chi connectivity index (χ3n) is 4.54. The van der Waals surface area contributed by atoms with Crippen LogP contribution >= 0.6 is 0 Å². The van der Waals surface area contributed by atoms with Crippen molar-refractivity contribution in [3.8, 4) is 0 Å². The molecule has 1 fully saturated rings. The summed E-state index contributed by atoms with van der Waals surface area (Å²) in [6.07, 6.45) is 2.67. The van der Waals surface area contributed by atoms with Crippen molar-refractivity contribution in [1.82, 2.24) is 10.2 Å². The lowest BCUT2D eigenvalue weighted by atomic mass is 9.85. The summed E-state index contributed by atoms with van der Waals surface area (Å²) in [6, 6.07) is -1.65. The second-order valence-corrected chi connectivity index (χ2v) is 7.70. The Hall–Kier alpha value is -1.79. The number of hydrogen-bond donors (Lipinski definition) is 2. The maximum Gasteiger partial charge on any atom is 0.408 e. The van der Waals surface area contributed by atoms with E-state index in [0.29, 0.717) is 25.8 Å². The molecule has 1 saturated heterocycles. The molecular formula is C18H32N2O5. The van der Waals surface area contributed by atoms with E-state index in [0.717, 1.165) is 12.8 Å². The smallest absolute Gasteiger partial charge is 0.408 e. The number of carbonyl (C=O) groups excluding carboxylic acids is 2. The first-order valence-electron chi connectivity index (χ1n) is 9.12. The summed E-state index contributed by atoms with van der Waals surface area (Å²) in [6.45, 7) is 9.88. The van der Waals surface area contributed by atoms with Gasteiger partial charge in [-0.3, -0.25) is 4.79 Å². The molecule has 0 aliphatic carbocycles. The molecule has 0 aromatic carbocycles. The zero-order chi connectivity index (χ0) is 19.2. The number of nitrogens with one attached hydrogen (secondary N) is 1. The number of amides is 2. The molecule has 1 aliphatic heterocycles. The van der Waals surface area contributed by atoms with Gasteiger partial charge in [-0.25, -0.2) is 9.59 Å². The molecule has 1 rings (SSSR count). The van der Waals surface area contributed by atoms with E-state index < -0.39 is 29.6 Å². The van der Waals surface area contributed by atoms with Gasteiger partial charge in [-0.05, 0) is 31.1 Å². The molecule has 25 heavy (non-hydrogen) atoms. The zero-order valence-electron chi connectivity index (χ0n) is 16.0. The fraction of sp³-hybridized carbons (Fsp3) is 0.833. The van der Waals surface area contributed by atoms with E-state index in [9.17, 15) is 19.5 Å². The SMILES string of the molecule is CCCC(CC)OC(=O)N[C@H](C(=O)N1CCCC1C(=O)O)C(C)(C)C. The first kappa shape index (κ1) is 21.3. The van der Waals surface area contributed by atoms with Crippen molar-refractivity contribution in [2.75, 3.05) is 6.54 Å². The minimum atomic E-state index is -1.00. The van der Waals surface area contributed by atoms with Gasteiger partial charge in [0, 0.05) is 6.54 Å². The molecule has 0 saturated carbocycles. The van der Waals surface area contributed by atoms with Crippen LogP contribution in [0.2, 0.25) is 0 Å². The predicted molar refractivity (Wildman–Crippen MR) is 94.2 cm³/mol. The molecule has 1 heterocycles. The molecule has 0 aromatic heterocycles. The number of carboxylic acid groups (broad SMARTS) is 1. The summed E-state index contributed by atoms with van der Waals surface area (Å²) in [5.74, 6) is -1.37. The number of rotatable bonds is 7. The monoisotopic (exact) mass is 356 g/mol. The van der Waals surface area contributed by atoms with Crippen LogP contribution in [0.15, 0.2) is 0 Å². The maximum atomic E-state index is 12.9. The molecule has 2 unspecified atom stereocenters. The van der Waals surface area contributed by atoms with Crippen molar-refractivity contribution >= 4 is 18.0 Å². The first-order valence-corrected chi connectivity index (χ1v) is 9.12. The van der Waals surface area contributed by atoms with Gasteiger partial charge >= 0.3 is 12.1 Å². The third kappa shape index (κ3) is 5.90. The number of likely N-dealkylation sites (tertiary alicyclic amines) is 1. The predicted octanol–water partition coefficient (Wildman–Crippen LogP) is 2.78. The molecular weight excluding hydrogens is 324 g/mol. The van der Waals surface area contributed by atoms with Gasteiger partial charge in [0.15, 0.2) is 0 Å². The van der Waals surface area contributed by atoms with Crippen LogP contribution in [0.1, 0.15) is 66.7 Å². The molecule has 0 aromatic rings. The van der Waals surface area contributed by atoms with Gasteiger partial charge in [0.2, 0.25) is 5.91 Å². The lowest BCUT2D eigenvalue weighted by Crippen LogP contribution is -2.57. The zero-order valence-corrected chi connectivity index (χ0v) is 16.0. The van der Waals surface area contributed by atoms with Crippen LogP contribution in [0.5, 0.6) is 0 Å². The second-order valence-electron chi connectivity index (χ2n) is 7.70. The lowest BCUT2D eigenvalue weighted by molar-refractivity contribution is -0.150. The minimum absolute atomic E-state index is 0.181. The number of alkyl carbamates (subject to hydrolysis) is 1. The quantitative estimate of drug-likeness (QED) is 0.731. The highest BCUT2D eigenvalue weighted by atomic mass is 16.6. The molecule has 7 heteroatoms. The highest BCUT2D eigenvalue weighted by Gasteiger charge is 2.42. The van der Waals surface area contributed by atoms with Gasteiger partial charge in [-0.1, -0.05) is 41.0 Å². The third-order valence-corrected chi connectivity index (χ3v) is 4.54. The van der Waals surface area contributed by atoms with Crippen LogP contribution in [0.4, 0.5) is 4.79 Å². The van der Waals surface area contributed by atoms with Crippen molar-refractivity contribution in [3.05, 3.63) is 0 Å². The molecule has 3 atom stereocenters. The number of hydrogen-bond acceptors (Lipinski definition) is 4. The average Bonchev–Trinajstić information content (AvgIpc) is 3.00. The molecule has 0 bridgehead atoms. The molecule has 0 spiro atoms. The topological polar surface area (TPSA) is 95.9 Å². The summed E-state index contributed by atoms with van der Waals surface area (Å²) in [5.41, 5.74) is -0.561. The van der Waals surface area contributed by atoms with Gasteiger partial charge in [0.05, 0.1) is 0 Å². The van der Waals surface area contributed by atoms with Gasteiger partial charge in [-0.15, -0.1) is 0 Å². The lowest BCUT2D eigenvalue weighted by Gasteiger charge is -2.34. The highest BCUT2D eigenvalue weighted by Crippen LogP contribution is 2.26. The fourth-order valence-corrected chi connectivity index (χ4v) is 3.07. The molecule has 2 N–H and O–H groups in total. The van der Waals surface area contributed by atoms with Crippen LogP contribution in [-0.4, -0.2) is 52.7 Å². The van der Waals surface area contributed by atoms with Gasteiger partial charge < -0.3 is 20.1 Å². The Morgan fingerprint density at radius 1 is 1.28 bits per heavy atom. The van der Waals surface area contributed by atoms with E-state index in [2.05, 4.69) is 5.32 Å². The molecule has 144 valence electrons. The fourth-order valence-electron chi connectivity index (χ4n) is 3.07. The first-order chi connectivity index (χ1) is 11.6. The van der Waals surface area contributed by atoms with E-state index in [1.807, 2.05) is 34.6 Å². The van der Waals surface area contributed by atoms with Crippen LogP contribution in [-0.2, 0) is 14.3 Å². The number of carboxylic acids is 1. The summed E-state index contributed by atoms with van der Waals surface area (Å²) in [7, 11) is 0. The van der Waals surface area contributed by atoms with Gasteiger partial charge in [0.1, 0.15) is 18.2 Å². The summed E-state index contributed by atoms with van der Waals surface area (Å²) < 4.78 is 5.42. The van der Waals surface area contributed by atoms with Crippen LogP contribution in [0.3, 0.4) is 0 Å². The molecule has 1 aliphatic rings. The highest BCUT2D eigenvalue weighted by molar-refractivity contribution is 5.90. The van der Waals surface area contributed by atoms with E-state index in [4.69, 9.17) is 4.74 Å². The van der Waals surface area contributed by atoms with E-state index in [1.54, 1.807) is 0 Å². The van der Waals surface area contributed by atoms with Gasteiger partial charge in [0.25, 0.3) is 0 Å². The Morgan fingerprint density at radius 3 is 2.40 bits per heavy atom. The largest absolute Gasteiger partial charge is 0.480 e. The number of nitrogens with zero attached hydrogens (tertiary/aromatic N) is 1. The Bertz CT molecular complexity index is 486. The van der Waals surface area contributed by atoms with Crippen molar-refractivity contribution in [3.63, 3.8) is 0 Å². The second kappa shape index (κ2) is 9.06. The molecule has 2 amide bonds. The normalized spacial score (nSPS) is 20.0. The van der Waals surface area contributed by atoms with Crippen molar-refractivity contribution in [2.24, 2.45) is 5.41 Å². The Kier molecular flexibility index (Phi) is 7.70. The molecule has 0 radical (unpaired) electrons. The number of ether oxygens (including phenoxy) is 1. The summed E-state index contributed by atoms with van der Waals surface area (Å²) in [4.78, 5) is 37.9. The van der Waals surface area contributed by atoms with Crippen molar-refractivity contribution in [1.29, 1.82) is 0 Å². The van der Waals surface area contributed by atoms with Crippen LogP contribution in [0.25, 0.3) is 0 Å². The van der Waals surface area contributed by atoms with Crippen LogP contribution in [0, 0.1) is 5.41 Å². The standard InChI is InChI=1S/C18H32N2O5/c1-6-9-12(7-2)25-17(24)19-14(18(3,4)5)15(21)20-11-8-10-13(20)16(22)23/h12-14H,6-11H2,1-5H3,(H,19,24)(H,22,23)/t12?,13?,14-/m1/s1. The van der Waals surface area contributed by atoms with E-state index in [1.165, 1.54) is 4.90 Å². The number of aliphatic carboxylic acids is 1. The maximum absolute atomic E-state index is 12.9.